The van der Waals surface area contributed by atoms with Gasteiger partial charge in [0.25, 0.3) is 0 Å². The van der Waals surface area contributed by atoms with Gasteiger partial charge in [-0.2, -0.15) is 0 Å². The molecular weight excluding hydrogens is 243 g/mol. The molecule has 0 aromatic heterocycles. The average Bonchev–Trinajstić information content (AvgIpc) is 2.26. The fraction of sp³-hybridized carbons (Fsp3) is 0.417. The first-order valence-electron chi connectivity index (χ1n) is 5.44. The number of carbonyl (C=O) groups excluding carboxylic acids is 1. The molecule has 3 nitrogen and oxygen atoms in total. The van der Waals surface area contributed by atoms with Crippen LogP contribution in [0.3, 0.4) is 0 Å². The van der Waals surface area contributed by atoms with Gasteiger partial charge in [-0.25, -0.2) is 4.39 Å². The summed E-state index contributed by atoms with van der Waals surface area (Å²) in [5, 5.41) is 2.88. The Morgan fingerprint density at radius 2 is 2.18 bits per heavy atom. The highest BCUT2D eigenvalue weighted by molar-refractivity contribution is 6.31. The van der Waals surface area contributed by atoms with Crippen molar-refractivity contribution in [3.63, 3.8) is 0 Å². The minimum atomic E-state index is -0.653. The zero-order valence-electron chi connectivity index (χ0n) is 9.76. The number of piperazine rings is 1. The lowest BCUT2D eigenvalue weighted by Crippen LogP contribution is -2.62. The molecule has 0 bridgehead atoms. The summed E-state index contributed by atoms with van der Waals surface area (Å²) in [5.41, 5.74) is 0.107. The number of hydrogen-bond donors (Lipinski definition) is 1. The lowest BCUT2D eigenvalue weighted by Gasteiger charge is -2.42. The van der Waals surface area contributed by atoms with Gasteiger partial charge < -0.3 is 10.2 Å². The molecule has 0 saturated carbocycles. The van der Waals surface area contributed by atoms with E-state index < -0.39 is 11.4 Å². The van der Waals surface area contributed by atoms with Crippen LogP contribution in [-0.4, -0.2) is 24.5 Å². The van der Waals surface area contributed by atoms with Crippen LogP contribution in [0.5, 0.6) is 0 Å². The number of rotatable bonds is 1. The van der Waals surface area contributed by atoms with Gasteiger partial charge >= 0.3 is 0 Å². The second kappa shape index (κ2) is 4.18. The lowest BCUT2D eigenvalue weighted by atomic mass is 9.98. The molecule has 0 radical (unpaired) electrons. The number of carbonyl (C=O) groups is 1. The highest BCUT2D eigenvalue weighted by atomic mass is 35.5. The van der Waals surface area contributed by atoms with Crippen LogP contribution in [0.2, 0.25) is 5.02 Å². The van der Waals surface area contributed by atoms with Gasteiger partial charge in [0.05, 0.1) is 5.02 Å². The molecule has 1 aliphatic heterocycles. The van der Waals surface area contributed by atoms with Crippen molar-refractivity contribution in [1.82, 2.24) is 5.32 Å². The smallest absolute Gasteiger partial charge is 0.245 e. The first-order chi connectivity index (χ1) is 7.93. The highest BCUT2D eigenvalue weighted by Gasteiger charge is 2.37. The van der Waals surface area contributed by atoms with E-state index in [1.165, 1.54) is 6.07 Å². The average molecular weight is 257 g/mol. The van der Waals surface area contributed by atoms with E-state index in [1.807, 2.05) is 18.7 Å². The van der Waals surface area contributed by atoms with Gasteiger partial charge in [0.1, 0.15) is 11.4 Å². The Morgan fingerprint density at radius 1 is 1.47 bits per heavy atom. The fourth-order valence-electron chi connectivity index (χ4n) is 2.00. The summed E-state index contributed by atoms with van der Waals surface area (Å²) in [7, 11) is 0. The van der Waals surface area contributed by atoms with Gasteiger partial charge in [0.2, 0.25) is 5.91 Å². The number of benzene rings is 1. The molecule has 0 spiro atoms. The number of nitrogens with one attached hydrogen (secondary N) is 1. The molecule has 1 N–H and O–H groups in total. The minimum absolute atomic E-state index is 0.0378. The molecule has 0 aliphatic carbocycles. The van der Waals surface area contributed by atoms with Gasteiger partial charge in [0.15, 0.2) is 0 Å². The zero-order chi connectivity index (χ0) is 12.6. The van der Waals surface area contributed by atoms with E-state index in [0.29, 0.717) is 13.1 Å². The van der Waals surface area contributed by atoms with Crippen molar-refractivity contribution in [2.24, 2.45) is 0 Å². The summed E-state index contributed by atoms with van der Waals surface area (Å²) in [6.07, 6.45) is 0. The summed E-state index contributed by atoms with van der Waals surface area (Å²) in [6.45, 7) is 4.93. The predicted octanol–water partition coefficient (Wildman–Crippen LogP) is 2.19. The van der Waals surface area contributed by atoms with Crippen molar-refractivity contribution in [3.05, 3.63) is 29.0 Å². The molecule has 1 aromatic rings. The quantitative estimate of drug-likeness (QED) is 0.836. The molecule has 1 heterocycles. The lowest BCUT2D eigenvalue weighted by molar-refractivity contribution is -0.126. The Kier molecular flexibility index (Phi) is 3.00. The maximum Gasteiger partial charge on any atom is 0.245 e. The Labute approximate surface area is 105 Å². The molecule has 1 saturated heterocycles. The number of amides is 1. The van der Waals surface area contributed by atoms with Gasteiger partial charge in [-0.15, -0.1) is 0 Å². The summed E-state index contributed by atoms with van der Waals surface area (Å²) in [4.78, 5) is 13.7. The second-order valence-electron chi connectivity index (χ2n) is 4.56. The van der Waals surface area contributed by atoms with Crippen LogP contribution in [0, 0.1) is 5.82 Å². The topological polar surface area (TPSA) is 32.3 Å². The van der Waals surface area contributed by atoms with Gasteiger partial charge in [-0.05, 0) is 32.0 Å². The van der Waals surface area contributed by atoms with Crippen LogP contribution in [0.15, 0.2) is 18.2 Å². The van der Waals surface area contributed by atoms with Crippen molar-refractivity contribution in [3.8, 4) is 0 Å². The maximum absolute atomic E-state index is 13.1. The van der Waals surface area contributed by atoms with Crippen LogP contribution in [-0.2, 0) is 4.79 Å². The van der Waals surface area contributed by atoms with Gasteiger partial charge in [0, 0.05) is 18.8 Å². The Bertz CT molecular complexity index is 462. The van der Waals surface area contributed by atoms with Crippen LogP contribution in [0.4, 0.5) is 10.1 Å². The molecule has 1 fully saturated rings. The first kappa shape index (κ1) is 12.2. The van der Waals surface area contributed by atoms with Crippen LogP contribution in [0.1, 0.15) is 13.8 Å². The SMILES string of the molecule is CC1(C)C(=O)NCCN1c1ccc(F)c(Cl)c1. The molecule has 92 valence electrons. The second-order valence-corrected chi connectivity index (χ2v) is 4.97. The zero-order valence-corrected chi connectivity index (χ0v) is 10.5. The van der Waals surface area contributed by atoms with Crippen molar-refractivity contribution < 1.29 is 9.18 Å². The Hall–Kier alpha value is -1.29. The van der Waals surface area contributed by atoms with E-state index in [4.69, 9.17) is 11.6 Å². The summed E-state index contributed by atoms with van der Waals surface area (Å²) in [6, 6.07) is 4.51. The van der Waals surface area contributed by atoms with E-state index in [1.54, 1.807) is 12.1 Å². The van der Waals surface area contributed by atoms with Gasteiger partial charge in [-0.3, -0.25) is 4.79 Å². The number of anilines is 1. The molecule has 17 heavy (non-hydrogen) atoms. The van der Waals surface area contributed by atoms with E-state index in [2.05, 4.69) is 5.32 Å². The predicted molar refractivity (Wildman–Crippen MR) is 65.8 cm³/mol. The number of hydrogen-bond acceptors (Lipinski definition) is 2. The molecule has 0 atom stereocenters. The van der Waals surface area contributed by atoms with E-state index in [0.717, 1.165) is 5.69 Å². The Morgan fingerprint density at radius 3 is 2.82 bits per heavy atom. The monoisotopic (exact) mass is 256 g/mol. The van der Waals surface area contributed by atoms with Crippen molar-refractivity contribution in [1.29, 1.82) is 0 Å². The van der Waals surface area contributed by atoms with Crippen molar-refractivity contribution in [2.75, 3.05) is 18.0 Å². The molecular formula is C12H14ClFN2O. The maximum atomic E-state index is 13.1. The standard InChI is InChI=1S/C12H14ClFN2O/c1-12(2)11(17)15-5-6-16(12)8-3-4-10(14)9(13)7-8/h3-4,7H,5-6H2,1-2H3,(H,15,17). The molecule has 1 aliphatic rings. The van der Waals surface area contributed by atoms with Crippen LogP contribution in [0.25, 0.3) is 0 Å². The van der Waals surface area contributed by atoms with Crippen molar-refractivity contribution >= 4 is 23.2 Å². The summed E-state index contributed by atoms with van der Waals surface area (Å²) < 4.78 is 13.1. The summed E-state index contributed by atoms with van der Waals surface area (Å²) >= 11 is 5.76. The fourth-order valence-corrected chi connectivity index (χ4v) is 2.18. The summed E-state index contributed by atoms with van der Waals surface area (Å²) in [5.74, 6) is -0.487. The third kappa shape index (κ3) is 2.09. The highest BCUT2D eigenvalue weighted by Crippen LogP contribution is 2.29. The number of nitrogens with zero attached hydrogens (tertiary/aromatic N) is 1. The third-order valence-corrected chi connectivity index (χ3v) is 3.36. The molecule has 1 amide bonds. The number of halogens is 2. The van der Waals surface area contributed by atoms with E-state index in [9.17, 15) is 9.18 Å². The van der Waals surface area contributed by atoms with Crippen molar-refractivity contribution in [2.45, 2.75) is 19.4 Å². The van der Waals surface area contributed by atoms with E-state index >= 15 is 0 Å². The largest absolute Gasteiger partial charge is 0.356 e. The normalized spacial score (nSPS) is 19.1. The van der Waals surface area contributed by atoms with E-state index in [-0.39, 0.29) is 10.9 Å². The molecule has 2 rings (SSSR count). The third-order valence-electron chi connectivity index (χ3n) is 3.07. The minimum Gasteiger partial charge on any atom is -0.356 e. The van der Waals surface area contributed by atoms with Gasteiger partial charge in [-0.1, -0.05) is 11.6 Å². The first-order valence-corrected chi connectivity index (χ1v) is 5.82. The molecule has 5 heteroatoms. The molecule has 0 unspecified atom stereocenters. The molecule has 1 aromatic carbocycles. The van der Waals surface area contributed by atoms with Crippen LogP contribution >= 0.6 is 11.6 Å². The van der Waals surface area contributed by atoms with Crippen LogP contribution < -0.4 is 10.2 Å². The Balaban J connectivity index is 2.38.